The van der Waals surface area contributed by atoms with E-state index in [9.17, 15) is 4.79 Å². The molecule has 1 heterocycles. The van der Waals surface area contributed by atoms with Crippen LogP contribution in [0.4, 0.5) is 0 Å². The van der Waals surface area contributed by atoms with Crippen molar-refractivity contribution in [2.45, 2.75) is 12.1 Å². The van der Waals surface area contributed by atoms with Crippen LogP contribution in [0.3, 0.4) is 0 Å². The van der Waals surface area contributed by atoms with E-state index in [4.69, 9.17) is 0 Å². The largest absolute Gasteiger partial charge is 0.298 e. The number of aromatic nitrogens is 3. The van der Waals surface area contributed by atoms with Crippen molar-refractivity contribution in [2.75, 3.05) is 5.75 Å². The van der Waals surface area contributed by atoms with Crippen molar-refractivity contribution in [3.05, 3.63) is 40.7 Å². The number of H-pyrrole nitrogens is 1. The molecule has 0 amide bonds. The molecule has 0 atom stereocenters. The molecule has 0 aliphatic carbocycles. The Morgan fingerprint density at radius 1 is 1.25 bits per heavy atom. The third-order valence-corrected chi connectivity index (χ3v) is 2.75. The summed E-state index contributed by atoms with van der Waals surface area (Å²) in [6.07, 6.45) is 0. The van der Waals surface area contributed by atoms with Crippen LogP contribution in [-0.4, -0.2) is 20.9 Å². The molecule has 0 fully saturated rings. The van der Waals surface area contributed by atoms with E-state index in [-0.39, 0.29) is 5.56 Å². The predicted molar refractivity (Wildman–Crippen MR) is 64.5 cm³/mol. The molecule has 0 spiro atoms. The molecule has 16 heavy (non-hydrogen) atoms. The maximum atomic E-state index is 11.7. The van der Waals surface area contributed by atoms with Gasteiger partial charge in [-0.2, -0.15) is 0 Å². The van der Waals surface area contributed by atoms with Crippen molar-refractivity contribution < 1.29 is 0 Å². The Hall–Kier alpha value is -1.62. The quantitative estimate of drug-likeness (QED) is 0.823. The molecule has 1 aromatic heterocycles. The molecule has 4 nitrogen and oxygen atoms in total. The lowest BCUT2D eigenvalue weighted by Gasteiger charge is -2.00. The Morgan fingerprint density at radius 3 is 2.62 bits per heavy atom. The summed E-state index contributed by atoms with van der Waals surface area (Å²) >= 11 is 1.46. The highest BCUT2D eigenvalue weighted by Gasteiger charge is 2.06. The monoisotopic (exact) mass is 233 g/mol. The second-order valence-electron chi connectivity index (χ2n) is 3.11. The van der Waals surface area contributed by atoms with Crippen LogP contribution in [0.1, 0.15) is 6.92 Å². The van der Waals surface area contributed by atoms with Gasteiger partial charge in [-0.05, 0) is 5.75 Å². The third kappa shape index (κ3) is 2.30. The van der Waals surface area contributed by atoms with Gasteiger partial charge in [-0.3, -0.25) is 9.78 Å². The molecule has 0 bridgehead atoms. The summed E-state index contributed by atoms with van der Waals surface area (Å²) in [6, 6.07) is 9.31. The van der Waals surface area contributed by atoms with Crippen molar-refractivity contribution >= 4 is 11.8 Å². The fourth-order valence-electron chi connectivity index (χ4n) is 1.31. The lowest BCUT2D eigenvalue weighted by atomic mass is 10.2. The van der Waals surface area contributed by atoms with Gasteiger partial charge >= 0.3 is 0 Å². The van der Waals surface area contributed by atoms with Crippen LogP contribution >= 0.6 is 11.8 Å². The molecule has 0 saturated carbocycles. The highest BCUT2D eigenvalue weighted by molar-refractivity contribution is 7.99. The van der Waals surface area contributed by atoms with Gasteiger partial charge in [0.15, 0.2) is 10.9 Å². The Kier molecular flexibility index (Phi) is 3.36. The lowest BCUT2D eigenvalue weighted by Crippen LogP contribution is -2.14. The smallest absolute Gasteiger partial charge is 0.278 e. The summed E-state index contributed by atoms with van der Waals surface area (Å²) in [5, 5.41) is 8.48. The molecule has 1 N–H and O–H groups in total. The molecule has 2 rings (SSSR count). The standard InChI is InChI=1S/C11H11N3OS/c1-2-16-11-12-10(15)9(13-14-11)8-6-4-3-5-7-8/h3-7H,2H2,1H3,(H,12,14,15). The van der Waals surface area contributed by atoms with Gasteiger partial charge in [0.25, 0.3) is 5.56 Å². The van der Waals surface area contributed by atoms with Crippen molar-refractivity contribution in [2.24, 2.45) is 0 Å². The Morgan fingerprint density at radius 2 is 2.00 bits per heavy atom. The average molecular weight is 233 g/mol. The van der Waals surface area contributed by atoms with E-state index in [0.717, 1.165) is 11.3 Å². The third-order valence-electron chi connectivity index (χ3n) is 2.00. The van der Waals surface area contributed by atoms with E-state index in [1.165, 1.54) is 11.8 Å². The molecule has 2 aromatic rings. The summed E-state index contributed by atoms with van der Waals surface area (Å²) < 4.78 is 0. The lowest BCUT2D eigenvalue weighted by molar-refractivity contribution is 0.824. The van der Waals surface area contributed by atoms with Gasteiger partial charge in [0.05, 0.1) is 0 Å². The number of aromatic amines is 1. The Labute approximate surface area is 97.1 Å². The van der Waals surface area contributed by atoms with Crippen LogP contribution in [-0.2, 0) is 0 Å². The number of nitrogens with zero attached hydrogens (tertiary/aromatic N) is 2. The molecule has 82 valence electrons. The van der Waals surface area contributed by atoms with Gasteiger partial charge in [0.1, 0.15) is 0 Å². The van der Waals surface area contributed by atoms with Crippen molar-refractivity contribution in [3.8, 4) is 11.3 Å². The van der Waals surface area contributed by atoms with Crippen LogP contribution in [0.2, 0.25) is 0 Å². The number of hydrogen-bond donors (Lipinski definition) is 1. The molecule has 0 unspecified atom stereocenters. The van der Waals surface area contributed by atoms with E-state index in [0.29, 0.717) is 10.9 Å². The van der Waals surface area contributed by atoms with Crippen molar-refractivity contribution in [1.82, 2.24) is 15.2 Å². The zero-order chi connectivity index (χ0) is 11.4. The van der Waals surface area contributed by atoms with Gasteiger partial charge in [-0.25, -0.2) is 0 Å². The molecule has 0 saturated heterocycles. The van der Waals surface area contributed by atoms with Crippen LogP contribution in [0.25, 0.3) is 11.3 Å². The second kappa shape index (κ2) is 4.94. The first-order valence-electron chi connectivity index (χ1n) is 4.96. The van der Waals surface area contributed by atoms with Gasteiger partial charge in [-0.1, -0.05) is 49.0 Å². The van der Waals surface area contributed by atoms with E-state index in [1.807, 2.05) is 37.3 Å². The Bertz CT molecular complexity index is 524. The topological polar surface area (TPSA) is 58.6 Å². The fourth-order valence-corrected chi connectivity index (χ4v) is 1.85. The highest BCUT2D eigenvalue weighted by Crippen LogP contribution is 2.13. The van der Waals surface area contributed by atoms with E-state index in [2.05, 4.69) is 15.2 Å². The molecule has 0 aliphatic rings. The molecule has 0 aliphatic heterocycles. The first-order valence-corrected chi connectivity index (χ1v) is 5.95. The molecule has 1 aromatic carbocycles. The van der Waals surface area contributed by atoms with Crippen LogP contribution in [0, 0.1) is 0 Å². The first kappa shape index (κ1) is 10.9. The second-order valence-corrected chi connectivity index (χ2v) is 4.36. The number of nitrogens with one attached hydrogen (secondary N) is 1. The van der Waals surface area contributed by atoms with Crippen LogP contribution in [0.5, 0.6) is 0 Å². The van der Waals surface area contributed by atoms with Gasteiger partial charge in [-0.15, -0.1) is 10.2 Å². The van der Waals surface area contributed by atoms with Gasteiger partial charge < -0.3 is 0 Å². The minimum absolute atomic E-state index is 0.197. The molecular formula is C11H11N3OS. The summed E-state index contributed by atoms with van der Waals surface area (Å²) in [5.74, 6) is 0.856. The van der Waals surface area contributed by atoms with Gasteiger partial charge in [0, 0.05) is 5.56 Å². The Balaban J connectivity index is 2.41. The van der Waals surface area contributed by atoms with Crippen LogP contribution in [0.15, 0.2) is 40.3 Å². The van der Waals surface area contributed by atoms with Crippen LogP contribution < -0.4 is 5.56 Å². The fraction of sp³-hybridized carbons (Fsp3) is 0.182. The first-order chi connectivity index (χ1) is 7.81. The maximum absolute atomic E-state index is 11.7. The zero-order valence-electron chi connectivity index (χ0n) is 8.80. The summed E-state index contributed by atoms with van der Waals surface area (Å²) in [6.45, 7) is 2.00. The SMILES string of the molecule is CCSc1nnc(-c2ccccc2)c(=O)[nH]1. The predicted octanol–water partition coefficient (Wildman–Crippen LogP) is 1.94. The van der Waals surface area contributed by atoms with E-state index in [1.54, 1.807) is 0 Å². The van der Waals surface area contributed by atoms with Crippen molar-refractivity contribution in [3.63, 3.8) is 0 Å². The summed E-state index contributed by atoms with van der Waals surface area (Å²) in [7, 11) is 0. The number of rotatable bonds is 3. The molecule has 0 radical (unpaired) electrons. The number of thioether (sulfide) groups is 1. The summed E-state index contributed by atoms with van der Waals surface area (Å²) in [4.78, 5) is 14.5. The summed E-state index contributed by atoms with van der Waals surface area (Å²) in [5.41, 5.74) is 0.947. The average Bonchev–Trinajstić information content (AvgIpc) is 2.31. The maximum Gasteiger partial charge on any atom is 0.278 e. The van der Waals surface area contributed by atoms with Crippen molar-refractivity contribution in [1.29, 1.82) is 0 Å². The molecule has 5 heteroatoms. The minimum Gasteiger partial charge on any atom is -0.298 e. The molecular weight excluding hydrogens is 222 g/mol. The highest BCUT2D eigenvalue weighted by atomic mass is 32.2. The normalized spacial score (nSPS) is 10.3. The van der Waals surface area contributed by atoms with E-state index >= 15 is 0 Å². The zero-order valence-corrected chi connectivity index (χ0v) is 9.62. The number of benzene rings is 1. The van der Waals surface area contributed by atoms with E-state index < -0.39 is 0 Å². The minimum atomic E-state index is -0.197. The van der Waals surface area contributed by atoms with Gasteiger partial charge in [0.2, 0.25) is 0 Å². The number of hydrogen-bond acceptors (Lipinski definition) is 4.